The van der Waals surface area contributed by atoms with Gasteiger partial charge in [0.05, 0.1) is 18.8 Å². The van der Waals surface area contributed by atoms with E-state index in [2.05, 4.69) is 4.98 Å². The van der Waals surface area contributed by atoms with E-state index in [1.165, 1.54) is 16.8 Å². The number of H-pyrrole nitrogens is 1. The molecule has 2 fully saturated rings. The Kier molecular flexibility index (Phi) is 4.86. The van der Waals surface area contributed by atoms with Gasteiger partial charge in [-0.2, -0.15) is 0 Å². The molecule has 1 aromatic heterocycles. The fourth-order valence-electron chi connectivity index (χ4n) is 3.34. The highest BCUT2D eigenvalue weighted by atomic mass is 31.2. The predicted octanol–water partition coefficient (Wildman–Crippen LogP) is 0.892. The third kappa shape index (κ3) is 3.50. The Hall–Kier alpha value is -2.07. The number of benzene rings is 1. The zero-order chi connectivity index (χ0) is 19.9. The first-order chi connectivity index (χ1) is 13.3. The zero-order valence-electron chi connectivity index (χ0n) is 15.0. The van der Waals surface area contributed by atoms with E-state index in [9.17, 15) is 14.2 Å². The highest BCUT2D eigenvalue weighted by molar-refractivity contribution is 7.48. The molecule has 10 nitrogen and oxygen atoms in total. The van der Waals surface area contributed by atoms with Crippen LogP contribution in [0.15, 0.2) is 52.2 Å². The molecule has 2 aliphatic rings. The molecule has 0 spiro atoms. The molecule has 2 aliphatic heterocycles. The Bertz CT molecular complexity index is 1020. The van der Waals surface area contributed by atoms with Gasteiger partial charge in [-0.1, -0.05) is 30.3 Å². The Morgan fingerprint density at radius 1 is 1.32 bits per heavy atom. The van der Waals surface area contributed by atoms with Gasteiger partial charge in [0.1, 0.15) is 12.2 Å². The van der Waals surface area contributed by atoms with Gasteiger partial charge in [0.15, 0.2) is 6.23 Å². The molecule has 0 amide bonds. The van der Waals surface area contributed by atoms with Gasteiger partial charge in [0.2, 0.25) is 0 Å². The van der Waals surface area contributed by atoms with Gasteiger partial charge in [0.25, 0.3) is 5.56 Å². The number of nitrogens with zero attached hydrogens (tertiary/aromatic N) is 1. The van der Waals surface area contributed by atoms with Crippen molar-refractivity contribution in [1.82, 2.24) is 9.55 Å². The first kappa shape index (κ1) is 19.3. The number of phosphoric acid groups is 1. The summed E-state index contributed by atoms with van der Waals surface area (Å²) >= 11 is 0. The van der Waals surface area contributed by atoms with Gasteiger partial charge < -0.3 is 10.5 Å². The minimum atomic E-state index is -3.87. The highest BCUT2D eigenvalue weighted by Gasteiger charge is 2.59. The van der Waals surface area contributed by atoms with Gasteiger partial charge in [-0.25, -0.2) is 9.36 Å². The summed E-state index contributed by atoms with van der Waals surface area (Å²) in [6, 6.07) is 10.4. The van der Waals surface area contributed by atoms with Crippen molar-refractivity contribution < 1.29 is 22.9 Å². The largest absolute Gasteiger partial charge is 0.475 e. The van der Waals surface area contributed by atoms with E-state index in [0.29, 0.717) is 0 Å². The van der Waals surface area contributed by atoms with E-state index < -0.39 is 43.0 Å². The number of phosphoric ester groups is 1. The smallest absolute Gasteiger partial charge is 0.347 e. The number of rotatable bonds is 4. The maximum atomic E-state index is 12.9. The third-order valence-electron chi connectivity index (χ3n) is 4.76. The van der Waals surface area contributed by atoms with Gasteiger partial charge in [-0.05, 0) is 12.5 Å². The zero-order valence-corrected chi connectivity index (χ0v) is 15.9. The van der Waals surface area contributed by atoms with Crippen LogP contribution in [-0.2, 0) is 29.5 Å². The van der Waals surface area contributed by atoms with Crippen molar-refractivity contribution in [3.63, 3.8) is 0 Å². The lowest BCUT2D eigenvalue weighted by Gasteiger charge is -2.35. The molecule has 11 heteroatoms. The number of nitrogens with two attached hydrogens (primary N) is 1. The van der Waals surface area contributed by atoms with Crippen molar-refractivity contribution >= 4 is 7.82 Å². The van der Waals surface area contributed by atoms with E-state index in [-0.39, 0.29) is 13.2 Å². The lowest BCUT2D eigenvalue weighted by Crippen LogP contribution is -2.55. The summed E-state index contributed by atoms with van der Waals surface area (Å²) in [5.74, 6) is 0. The average molecular weight is 409 g/mol. The van der Waals surface area contributed by atoms with Crippen molar-refractivity contribution in [1.29, 1.82) is 0 Å². The molecule has 4 rings (SSSR count). The van der Waals surface area contributed by atoms with Crippen LogP contribution in [0.3, 0.4) is 0 Å². The summed E-state index contributed by atoms with van der Waals surface area (Å²) in [5.41, 5.74) is 4.78. The highest BCUT2D eigenvalue weighted by Crippen LogP contribution is 2.58. The van der Waals surface area contributed by atoms with Gasteiger partial charge >= 0.3 is 13.5 Å². The van der Waals surface area contributed by atoms with Crippen LogP contribution in [0, 0.1) is 0 Å². The number of fused-ring (bicyclic) bond motifs is 1. The fourth-order valence-corrected chi connectivity index (χ4v) is 4.81. The van der Waals surface area contributed by atoms with Crippen molar-refractivity contribution in [2.24, 2.45) is 5.73 Å². The summed E-state index contributed by atoms with van der Waals surface area (Å²) < 4.78 is 36.3. The molecule has 5 atom stereocenters. The Labute approximate surface area is 159 Å². The minimum Gasteiger partial charge on any atom is -0.347 e. The number of aromatic nitrogens is 2. The number of aromatic amines is 1. The summed E-state index contributed by atoms with van der Waals surface area (Å²) in [7, 11) is -3.87. The van der Waals surface area contributed by atoms with Gasteiger partial charge in [0, 0.05) is 12.3 Å². The Morgan fingerprint density at radius 2 is 2.07 bits per heavy atom. The molecule has 1 aromatic carbocycles. The molecule has 28 heavy (non-hydrogen) atoms. The molecule has 3 heterocycles. The summed E-state index contributed by atoms with van der Waals surface area (Å²) in [6.45, 7) is 1.59. The van der Waals surface area contributed by atoms with E-state index in [1.54, 1.807) is 6.92 Å². The summed E-state index contributed by atoms with van der Waals surface area (Å²) in [6.07, 6.45) is -1.15. The van der Waals surface area contributed by atoms with Crippen LogP contribution in [0.25, 0.3) is 0 Å². The molecule has 150 valence electrons. The second-order valence-corrected chi connectivity index (χ2v) is 8.56. The van der Waals surface area contributed by atoms with Crippen LogP contribution in [0.2, 0.25) is 0 Å². The van der Waals surface area contributed by atoms with Crippen LogP contribution < -0.4 is 17.0 Å². The minimum absolute atomic E-state index is 0.0421. The molecule has 0 aliphatic carbocycles. The molecule has 2 saturated heterocycles. The molecule has 1 unspecified atom stereocenters. The molecule has 0 saturated carbocycles. The quantitative estimate of drug-likeness (QED) is 0.711. The van der Waals surface area contributed by atoms with E-state index in [4.69, 9.17) is 24.0 Å². The van der Waals surface area contributed by atoms with Crippen LogP contribution in [0.1, 0.15) is 18.7 Å². The van der Waals surface area contributed by atoms with E-state index >= 15 is 0 Å². The van der Waals surface area contributed by atoms with Crippen LogP contribution >= 0.6 is 7.82 Å². The van der Waals surface area contributed by atoms with Crippen molar-refractivity contribution in [3.05, 3.63) is 69.0 Å². The van der Waals surface area contributed by atoms with E-state index in [0.717, 1.165) is 5.56 Å². The summed E-state index contributed by atoms with van der Waals surface area (Å²) in [4.78, 5) is 25.6. The molecule has 2 aromatic rings. The number of hydrogen-bond acceptors (Lipinski definition) is 8. The van der Waals surface area contributed by atoms with Gasteiger partial charge in [-0.15, -0.1) is 0 Å². The monoisotopic (exact) mass is 409 g/mol. The maximum Gasteiger partial charge on any atom is 0.475 e. The third-order valence-corrected chi connectivity index (χ3v) is 6.16. The first-order valence-electron chi connectivity index (χ1n) is 8.66. The molecule has 3 N–H and O–H groups in total. The number of ether oxygens (including phenoxy) is 1. The average Bonchev–Trinajstić information content (AvgIpc) is 2.91. The molecule has 0 radical (unpaired) electrons. The molecular formula is C17H20N3O7P. The number of nitrogens with one attached hydrogen (secondary N) is 1. The lowest BCUT2D eigenvalue weighted by molar-refractivity contribution is -0.0730. The second kappa shape index (κ2) is 7.07. The SMILES string of the molecule is C[C@@]1(N)C2O[P@@](=O)(OCc3ccccc3)OC[C@H]2O[C@H]1n1ccc(=O)[nH]c1=O. The van der Waals surface area contributed by atoms with Crippen LogP contribution in [0.4, 0.5) is 0 Å². The standard InChI is InChI=1S/C17H20N3O7P/c1-17(18)14-12(26-15(17)20-8-7-13(21)19-16(20)22)10-25-28(23,27-14)24-9-11-5-3-2-4-6-11/h2-8,12,14-15H,9-10,18H2,1H3,(H,19,21,22)/t12-,14?,15-,17-,28+/m1/s1. The Balaban J connectivity index is 1.54. The van der Waals surface area contributed by atoms with Gasteiger partial charge in [-0.3, -0.25) is 27.9 Å². The van der Waals surface area contributed by atoms with Crippen molar-refractivity contribution in [3.8, 4) is 0 Å². The van der Waals surface area contributed by atoms with Crippen LogP contribution in [0.5, 0.6) is 0 Å². The first-order valence-corrected chi connectivity index (χ1v) is 10.1. The topological polar surface area (TPSA) is 135 Å². The lowest BCUT2D eigenvalue weighted by atomic mass is 9.93. The molecular weight excluding hydrogens is 389 g/mol. The number of hydrogen-bond donors (Lipinski definition) is 2. The van der Waals surface area contributed by atoms with Crippen LogP contribution in [-0.4, -0.2) is 33.9 Å². The fraction of sp³-hybridized carbons (Fsp3) is 0.412. The Morgan fingerprint density at radius 3 is 2.79 bits per heavy atom. The van der Waals surface area contributed by atoms with Crippen molar-refractivity contribution in [2.75, 3.05) is 6.61 Å². The predicted molar refractivity (Wildman–Crippen MR) is 97.5 cm³/mol. The van der Waals surface area contributed by atoms with E-state index in [1.807, 2.05) is 30.3 Å². The second-order valence-electron chi connectivity index (χ2n) is 6.94. The maximum absolute atomic E-state index is 12.9. The normalized spacial score (nSPS) is 34.9. The van der Waals surface area contributed by atoms with Crippen molar-refractivity contribution in [2.45, 2.75) is 37.5 Å². The molecule has 0 bridgehead atoms. The summed E-state index contributed by atoms with van der Waals surface area (Å²) in [5, 5.41) is 0.